The standard InChI is InChI=1S/C17H17F3O/c1-10(2)13-9-14(11(3)8-16(13)21)12-6-4-5-7-15(12)17(18,19)20/h4-10,21H,1-3H3. The number of alkyl halides is 3. The zero-order valence-corrected chi connectivity index (χ0v) is 12.1. The maximum atomic E-state index is 13.2. The van der Waals surface area contributed by atoms with Gasteiger partial charge in [-0.15, -0.1) is 0 Å². The Hall–Kier alpha value is -1.97. The van der Waals surface area contributed by atoms with E-state index in [-0.39, 0.29) is 17.2 Å². The molecule has 2 rings (SSSR count). The van der Waals surface area contributed by atoms with Crippen LogP contribution in [0.3, 0.4) is 0 Å². The average molecular weight is 294 g/mol. The number of phenols is 1. The van der Waals surface area contributed by atoms with Gasteiger partial charge in [0.05, 0.1) is 5.56 Å². The first-order valence-corrected chi connectivity index (χ1v) is 6.72. The van der Waals surface area contributed by atoms with Crippen LogP contribution in [0, 0.1) is 6.92 Å². The van der Waals surface area contributed by atoms with Gasteiger partial charge in [0, 0.05) is 0 Å². The van der Waals surface area contributed by atoms with E-state index in [0.717, 1.165) is 6.07 Å². The Labute approximate surface area is 122 Å². The summed E-state index contributed by atoms with van der Waals surface area (Å²) in [5.74, 6) is 0.151. The molecule has 0 heterocycles. The summed E-state index contributed by atoms with van der Waals surface area (Å²) in [4.78, 5) is 0. The van der Waals surface area contributed by atoms with Crippen LogP contribution in [-0.4, -0.2) is 5.11 Å². The molecule has 112 valence electrons. The van der Waals surface area contributed by atoms with E-state index in [1.165, 1.54) is 18.2 Å². The van der Waals surface area contributed by atoms with Crippen LogP contribution < -0.4 is 0 Å². The molecule has 0 saturated carbocycles. The lowest BCUT2D eigenvalue weighted by Crippen LogP contribution is -2.07. The topological polar surface area (TPSA) is 20.2 Å². The van der Waals surface area contributed by atoms with Gasteiger partial charge in [-0.25, -0.2) is 0 Å². The van der Waals surface area contributed by atoms with Crippen molar-refractivity contribution in [3.05, 3.63) is 53.1 Å². The van der Waals surface area contributed by atoms with E-state index in [4.69, 9.17) is 0 Å². The van der Waals surface area contributed by atoms with Crippen molar-refractivity contribution in [1.82, 2.24) is 0 Å². The van der Waals surface area contributed by atoms with E-state index in [1.54, 1.807) is 19.1 Å². The van der Waals surface area contributed by atoms with Crippen LogP contribution in [-0.2, 0) is 6.18 Å². The zero-order valence-electron chi connectivity index (χ0n) is 12.1. The van der Waals surface area contributed by atoms with Gasteiger partial charge in [0.1, 0.15) is 5.75 Å². The lowest BCUT2D eigenvalue weighted by Gasteiger charge is -2.17. The third-order valence-corrected chi connectivity index (χ3v) is 3.52. The van der Waals surface area contributed by atoms with E-state index in [1.807, 2.05) is 13.8 Å². The lowest BCUT2D eigenvalue weighted by molar-refractivity contribution is -0.137. The van der Waals surface area contributed by atoms with Crippen LogP contribution in [0.25, 0.3) is 11.1 Å². The number of aromatic hydroxyl groups is 1. The summed E-state index contributed by atoms with van der Waals surface area (Å²) in [7, 11) is 0. The molecule has 0 fully saturated rings. The Morgan fingerprint density at radius 1 is 1.00 bits per heavy atom. The molecule has 2 aromatic carbocycles. The molecule has 0 aromatic heterocycles. The molecule has 0 aliphatic rings. The van der Waals surface area contributed by atoms with Crippen LogP contribution in [0.2, 0.25) is 0 Å². The third-order valence-electron chi connectivity index (χ3n) is 3.52. The van der Waals surface area contributed by atoms with Gasteiger partial charge in [-0.2, -0.15) is 13.2 Å². The highest BCUT2D eigenvalue weighted by Gasteiger charge is 2.33. The minimum absolute atomic E-state index is 0.0300. The van der Waals surface area contributed by atoms with E-state index >= 15 is 0 Å². The molecule has 2 aromatic rings. The molecule has 0 atom stereocenters. The molecule has 0 aliphatic heterocycles. The number of halogens is 3. The Morgan fingerprint density at radius 3 is 2.19 bits per heavy atom. The van der Waals surface area contributed by atoms with Crippen molar-refractivity contribution in [1.29, 1.82) is 0 Å². The summed E-state index contributed by atoms with van der Waals surface area (Å²) in [6.45, 7) is 5.49. The van der Waals surface area contributed by atoms with Gasteiger partial charge in [0.2, 0.25) is 0 Å². The Kier molecular flexibility index (Phi) is 3.99. The van der Waals surface area contributed by atoms with Gasteiger partial charge < -0.3 is 5.11 Å². The molecule has 0 spiro atoms. The predicted molar refractivity (Wildman–Crippen MR) is 77.4 cm³/mol. The molecule has 0 aliphatic carbocycles. The predicted octanol–water partition coefficient (Wildman–Crippen LogP) is 5.51. The molecule has 0 unspecified atom stereocenters. The summed E-state index contributed by atoms with van der Waals surface area (Å²) < 4.78 is 39.5. The van der Waals surface area contributed by atoms with Gasteiger partial charge in [0.25, 0.3) is 0 Å². The summed E-state index contributed by atoms with van der Waals surface area (Å²) in [5.41, 5.74) is 1.25. The van der Waals surface area contributed by atoms with Crippen LogP contribution in [0.5, 0.6) is 5.75 Å². The fraction of sp³-hybridized carbons (Fsp3) is 0.294. The molecule has 0 saturated heterocycles. The second-order valence-corrected chi connectivity index (χ2v) is 5.42. The van der Waals surface area contributed by atoms with Crippen molar-refractivity contribution in [2.75, 3.05) is 0 Å². The average Bonchev–Trinajstić information content (AvgIpc) is 2.37. The van der Waals surface area contributed by atoms with Gasteiger partial charge in [-0.05, 0) is 53.3 Å². The fourth-order valence-electron chi connectivity index (χ4n) is 2.43. The summed E-state index contributed by atoms with van der Waals surface area (Å²) in [6, 6.07) is 8.69. The van der Waals surface area contributed by atoms with Crippen LogP contribution in [0.1, 0.15) is 36.5 Å². The second kappa shape index (κ2) is 5.43. The highest BCUT2D eigenvalue weighted by atomic mass is 19.4. The van der Waals surface area contributed by atoms with Gasteiger partial charge in [0.15, 0.2) is 0 Å². The van der Waals surface area contributed by atoms with Crippen molar-refractivity contribution in [3.8, 4) is 16.9 Å². The SMILES string of the molecule is Cc1cc(O)c(C(C)C)cc1-c1ccccc1C(F)(F)F. The Balaban J connectivity index is 2.71. The van der Waals surface area contributed by atoms with Crippen LogP contribution in [0.4, 0.5) is 13.2 Å². The summed E-state index contributed by atoms with van der Waals surface area (Å²) >= 11 is 0. The molecule has 4 heteroatoms. The van der Waals surface area contributed by atoms with Gasteiger partial charge in [-0.3, -0.25) is 0 Å². The smallest absolute Gasteiger partial charge is 0.417 e. The summed E-state index contributed by atoms with van der Waals surface area (Å²) in [6.07, 6.45) is -4.40. The highest BCUT2D eigenvalue weighted by Crippen LogP contribution is 2.40. The van der Waals surface area contributed by atoms with Crippen molar-refractivity contribution in [2.45, 2.75) is 32.9 Å². The fourth-order valence-corrected chi connectivity index (χ4v) is 2.43. The zero-order chi connectivity index (χ0) is 15.8. The Morgan fingerprint density at radius 2 is 1.62 bits per heavy atom. The van der Waals surface area contributed by atoms with E-state index in [9.17, 15) is 18.3 Å². The highest BCUT2D eigenvalue weighted by molar-refractivity contribution is 5.73. The molecular weight excluding hydrogens is 277 g/mol. The van der Waals surface area contributed by atoms with Crippen molar-refractivity contribution in [3.63, 3.8) is 0 Å². The van der Waals surface area contributed by atoms with Crippen molar-refractivity contribution >= 4 is 0 Å². The van der Waals surface area contributed by atoms with E-state index in [2.05, 4.69) is 0 Å². The molecule has 0 radical (unpaired) electrons. The summed E-state index contributed by atoms with van der Waals surface area (Å²) in [5, 5.41) is 9.94. The maximum Gasteiger partial charge on any atom is 0.417 e. The number of hydrogen-bond acceptors (Lipinski definition) is 1. The molecule has 0 bridgehead atoms. The van der Waals surface area contributed by atoms with Crippen molar-refractivity contribution < 1.29 is 18.3 Å². The molecule has 0 amide bonds. The monoisotopic (exact) mass is 294 g/mol. The van der Waals surface area contributed by atoms with Crippen LogP contribution in [0.15, 0.2) is 36.4 Å². The number of aryl methyl sites for hydroxylation is 1. The molecule has 21 heavy (non-hydrogen) atoms. The largest absolute Gasteiger partial charge is 0.508 e. The third kappa shape index (κ3) is 3.04. The first kappa shape index (κ1) is 15.4. The molecular formula is C17H17F3O. The normalized spacial score (nSPS) is 12.0. The minimum Gasteiger partial charge on any atom is -0.508 e. The van der Waals surface area contributed by atoms with E-state index in [0.29, 0.717) is 16.7 Å². The first-order valence-electron chi connectivity index (χ1n) is 6.72. The van der Waals surface area contributed by atoms with Gasteiger partial charge >= 0.3 is 6.18 Å². The second-order valence-electron chi connectivity index (χ2n) is 5.42. The first-order chi connectivity index (χ1) is 9.71. The quantitative estimate of drug-likeness (QED) is 0.774. The number of phenolic OH excluding ortho intramolecular Hbond substituents is 1. The van der Waals surface area contributed by atoms with Crippen molar-refractivity contribution in [2.24, 2.45) is 0 Å². The molecule has 1 N–H and O–H groups in total. The van der Waals surface area contributed by atoms with E-state index < -0.39 is 11.7 Å². The Bertz CT molecular complexity index is 658. The van der Waals surface area contributed by atoms with Crippen LogP contribution >= 0.6 is 0 Å². The minimum atomic E-state index is -4.40. The maximum absolute atomic E-state index is 13.2. The number of rotatable bonds is 2. The lowest BCUT2D eigenvalue weighted by atomic mass is 9.90. The number of benzene rings is 2. The number of hydrogen-bond donors (Lipinski definition) is 1. The van der Waals surface area contributed by atoms with Gasteiger partial charge in [-0.1, -0.05) is 32.0 Å². The molecule has 1 nitrogen and oxygen atoms in total.